The Labute approximate surface area is 151 Å². The van der Waals surface area contributed by atoms with Gasteiger partial charge in [0.25, 0.3) is 0 Å². The van der Waals surface area contributed by atoms with Gasteiger partial charge in [-0.05, 0) is 11.6 Å². The average molecular weight is 352 g/mol. The lowest BCUT2D eigenvalue weighted by Gasteiger charge is -2.17. The molecule has 1 aromatic carbocycles. The van der Waals surface area contributed by atoms with Crippen LogP contribution in [0.15, 0.2) is 24.4 Å². The number of nitrogens with one attached hydrogen (secondary N) is 1. The minimum atomic E-state index is -0.468. The maximum atomic E-state index is 12.8. The number of methoxy groups -OCH3 is 1. The zero-order valence-corrected chi connectivity index (χ0v) is 14.8. The van der Waals surface area contributed by atoms with Crippen molar-refractivity contribution in [2.75, 3.05) is 12.4 Å². The van der Waals surface area contributed by atoms with E-state index in [1.165, 1.54) is 0 Å². The maximum absolute atomic E-state index is 12.8. The highest BCUT2D eigenvalue weighted by Crippen LogP contribution is 2.37. The Hall–Kier alpha value is -2.96. The van der Waals surface area contributed by atoms with Crippen molar-refractivity contribution in [2.45, 2.75) is 38.8 Å². The Morgan fingerprint density at radius 1 is 1.38 bits per heavy atom. The molecular formula is C19H20N4O3. The largest absolute Gasteiger partial charge is 0.497 e. The Kier molecular flexibility index (Phi) is 4.06. The molecule has 134 valence electrons. The van der Waals surface area contributed by atoms with Crippen LogP contribution < -0.4 is 10.1 Å². The van der Waals surface area contributed by atoms with Crippen LogP contribution in [0.25, 0.3) is 0 Å². The summed E-state index contributed by atoms with van der Waals surface area (Å²) in [4.78, 5) is 35.7. The van der Waals surface area contributed by atoms with Crippen LogP contribution in [0.2, 0.25) is 0 Å². The van der Waals surface area contributed by atoms with E-state index in [9.17, 15) is 9.59 Å². The fourth-order valence-electron chi connectivity index (χ4n) is 3.48. The molecule has 26 heavy (non-hydrogen) atoms. The SMILES string of the molecule is CCc1ncc2c(n1)CN(C(=O)C[C@H]1C(=O)Nc3cc(OC)ccc31)C2. The molecule has 4 rings (SSSR count). The average Bonchev–Trinajstić information content (AvgIpc) is 3.21. The van der Waals surface area contributed by atoms with Crippen LogP contribution in [0, 0.1) is 0 Å². The van der Waals surface area contributed by atoms with Gasteiger partial charge in [0.15, 0.2) is 0 Å². The molecule has 0 saturated heterocycles. The summed E-state index contributed by atoms with van der Waals surface area (Å²) >= 11 is 0. The van der Waals surface area contributed by atoms with Gasteiger partial charge in [-0.2, -0.15) is 0 Å². The first-order valence-corrected chi connectivity index (χ1v) is 8.69. The van der Waals surface area contributed by atoms with E-state index < -0.39 is 5.92 Å². The van der Waals surface area contributed by atoms with E-state index in [1.54, 1.807) is 24.3 Å². The van der Waals surface area contributed by atoms with Crippen LogP contribution in [0.5, 0.6) is 5.75 Å². The Morgan fingerprint density at radius 3 is 3.00 bits per heavy atom. The molecule has 1 atom stereocenters. The topological polar surface area (TPSA) is 84.4 Å². The van der Waals surface area contributed by atoms with Crippen LogP contribution in [0.4, 0.5) is 5.69 Å². The number of benzene rings is 1. The number of nitrogens with zero attached hydrogens (tertiary/aromatic N) is 3. The number of carbonyl (C=O) groups is 2. The van der Waals surface area contributed by atoms with Gasteiger partial charge in [0.05, 0.1) is 25.3 Å². The van der Waals surface area contributed by atoms with E-state index in [1.807, 2.05) is 19.1 Å². The predicted molar refractivity (Wildman–Crippen MR) is 94.6 cm³/mol. The maximum Gasteiger partial charge on any atom is 0.232 e. The molecule has 0 aliphatic carbocycles. The van der Waals surface area contributed by atoms with Gasteiger partial charge in [0, 0.05) is 42.9 Å². The Bertz CT molecular complexity index is 896. The fourth-order valence-corrected chi connectivity index (χ4v) is 3.48. The summed E-state index contributed by atoms with van der Waals surface area (Å²) in [5.74, 6) is 0.799. The normalized spacial score (nSPS) is 17.7. The molecule has 0 radical (unpaired) electrons. The summed E-state index contributed by atoms with van der Waals surface area (Å²) in [5.41, 5.74) is 3.45. The number of rotatable bonds is 4. The highest BCUT2D eigenvalue weighted by atomic mass is 16.5. The first kappa shape index (κ1) is 16.5. The number of hydrogen-bond acceptors (Lipinski definition) is 5. The van der Waals surface area contributed by atoms with Crippen molar-refractivity contribution in [1.29, 1.82) is 0 Å². The molecule has 2 aromatic rings. The highest BCUT2D eigenvalue weighted by molar-refractivity contribution is 6.05. The number of fused-ring (bicyclic) bond motifs is 2. The molecular weight excluding hydrogens is 332 g/mol. The number of hydrogen-bond donors (Lipinski definition) is 1. The van der Waals surface area contributed by atoms with Gasteiger partial charge in [-0.15, -0.1) is 0 Å². The molecule has 0 bridgehead atoms. The summed E-state index contributed by atoms with van der Waals surface area (Å²) in [7, 11) is 1.58. The van der Waals surface area contributed by atoms with E-state index in [4.69, 9.17) is 4.74 Å². The van der Waals surface area contributed by atoms with Gasteiger partial charge in [-0.25, -0.2) is 9.97 Å². The lowest BCUT2D eigenvalue weighted by molar-refractivity contribution is -0.134. The molecule has 0 spiro atoms. The van der Waals surface area contributed by atoms with Gasteiger partial charge >= 0.3 is 0 Å². The number of aromatic nitrogens is 2. The van der Waals surface area contributed by atoms with Gasteiger partial charge in [0.2, 0.25) is 11.8 Å². The number of aryl methyl sites for hydroxylation is 1. The third-order valence-corrected chi connectivity index (χ3v) is 4.96. The fraction of sp³-hybridized carbons (Fsp3) is 0.368. The van der Waals surface area contributed by atoms with Crippen LogP contribution >= 0.6 is 0 Å². The van der Waals surface area contributed by atoms with Gasteiger partial charge < -0.3 is 15.0 Å². The third kappa shape index (κ3) is 2.79. The summed E-state index contributed by atoms with van der Waals surface area (Å²) in [6.07, 6.45) is 2.72. The standard InChI is InChI=1S/C19H20N4O3/c1-3-17-20-8-11-9-23(10-16(11)21-17)18(24)7-14-13-5-4-12(26-2)6-15(13)22-19(14)25/h4-6,8,14H,3,7,9-10H2,1-2H3,(H,22,25)/t14-/m1/s1. The molecule has 0 fully saturated rings. The van der Waals surface area contributed by atoms with Crippen molar-refractivity contribution >= 4 is 17.5 Å². The van der Waals surface area contributed by atoms with Crippen molar-refractivity contribution < 1.29 is 14.3 Å². The molecule has 2 aliphatic rings. The van der Waals surface area contributed by atoms with Crippen molar-refractivity contribution in [1.82, 2.24) is 14.9 Å². The summed E-state index contributed by atoms with van der Waals surface area (Å²) in [6.45, 7) is 2.99. The number of amides is 2. The summed E-state index contributed by atoms with van der Waals surface area (Å²) < 4.78 is 5.19. The van der Waals surface area contributed by atoms with Gasteiger partial charge in [-0.1, -0.05) is 13.0 Å². The quantitative estimate of drug-likeness (QED) is 0.910. The molecule has 1 aromatic heterocycles. The lowest BCUT2D eigenvalue weighted by atomic mass is 9.96. The van der Waals surface area contributed by atoms with Crippen molar-refractivity contribution in [3.8, 4) is 5.75 Å². The molecule has 0 saturated carbocycles. The van der Waals surface area contributed by atoms with E-state index in [2.05, 4.69) is 15.3 Å². The zero-order chi connectivity index (χ0) is 18.3. The minimum Gasteiger partial charge on any atom is -0.497 e. The third-order valence-electron chi connectivity index (χ3n) is 4.96. The molecule has 7 heteroatoms. The smallest absolute Gasteiger partial charge is 0.232 e. The number of anilines is 1. The molecule has 2 aliphatic heterocycles. The van der Waals surface area contributed by atoms with E-state index in [0.29, 0.717) is 18.8 Å². The van der Waals surface area contributed by atoms with Crippen molar-refractivity contribution in [3.63, 3.8) is 0 Å². The molecule has 3 heterocycles. The van der Waals surface area contributed by atoms with Crippen LogP contribution in [0.1, 0.15) is 41.9 Å². The van der Waals surface area contributed by atoms with Crippen molar-refractivity contribution in [3.05, 3.63) is 47.0 Å². The van der Waals surface area contributed by atoms with E-state index >= 15 is 0 Å². The Balaban J connectivity index is 1.49. The first-order chi connectivity index (χ1) is 12.6. The summed E-state index contributed by atoms with van der Waals surface area (Å²) in [6, 6.07) is 5.44. The number of carbonyl (C=O) groups excluding carboxylic acids is 2. The molecule has 1 N–H and O–H groups in total. The minimum absolute atomic E-state index is 0.0510. The second-order valence-corrected chi connectivity index (χ2v) is 6.56. The predicted octanol–water partition coefficient (Wildman–Crippen LogP) is 2.02. The second kappa shape index (κ2) is 6.40. The number of ether oxygens (including phenoxy) is 1. The molecule has 2 amide bonds. The first-order valence-electron chi connectivity index (χ1n) is 8.69. The second-order valence-electron chi connectivity index (χ2n) is 6.56. The van der Waals surface area contributed by atoms with E-state index in [0.717, 1.165) is 34.8 Å². The van der Waals surface area contributed by atoms with Crippen molar-refractivity contribution in [2.24, 2.45) is 0 Å². The van der Waals surface area contributed by atoms with E-state index in [-0.39, 0.29) is 18.2 Å². The molecule has 0 unspecified atom stereocenters. The Morgan fingerprint density at radius 2 is 2.23 bits per heavy atom. The highest BCUT2D eigenvalue weighted by Gasteiger charge is 2.35. The monoisotopic (exact) mass is 352 g/mol. The lowest BCUT2D eigenvalue weighted by Crippen LogP contribution is -2.28. The molecule has 7 nitrogen and oxygen atoms in total. The van der Waals surface area contributed by atoms with Crippen LogP contribution in [-0.4, -0.2) is 33.8 Å². The zero-order valence-electron chi connectivity index (χ0n) is 14.8. The van der Waals surface area contributed by atoms with Crippen LogP contribution in [0.3, 0.4) is 0 Å². The van der Waals surface area contributed by atoms with Gasteiger partial charge in [-0.3, -0.25) is 9.59 Å². The van der Waals surface area contributed by atoms with Crippen LogP contribution in [-0.2, 0) is 29.1 Å². The summed E-state index contributed by atoms with van der Waals surface area (Å²) in [5, 5.41) is 2.84. The van der Waals surface area contributed by atoms with Gasteiger partial charge in [0.1, 0.15) is 11.6 Å².